The van der Waals surface area contributed by atoms with Crippen molar-refractivity contribution < 1.29 is 13.9 Å². The van der Waals surface area contributed by atoms with Crippen LogP contribution < -0.4 is 10.9 Å². The molecule has 0 fully saturated rings. The van der Waals surface area contributed by atoms with E-state index in [-0.39, 0.29) is 17.7 Å². The van der Waals surface area contributed by atoms with Gasteiger partial charge in [-0.25, -0.2) is 18.7 Å². The maximum absolute atomic E-state index is 13.7. The highest BCUT2D eigenvalue weighted by Crippen LogP contribution is 2.21. The molecule has 6 nitrogen and oxygen atoms in total. The molecule has 140 valence electrons. The summed E-state index contributed by atoms with van der Waals surface area (Å²) >= 11 is 0. The molecule has 0 aliphatic heterocycles. The minimum Gasteiger partial charge on any atom is -0.386 e. The number of aliphatic hydroxyl groups is 1. The molecule has 3 rings (SSSR count). The van der Waals surface area contributed by atoms with Crippen LogP contribution in [0.15, 0.2) is 47.4 Å². The molecule has 1 unspecified atom stereocenters. The average Bonchev–Trinajstić information content (AvgIpc) is 2.66. The summed E-state index contributed by atoms with van der Waals surface area (Å²) in [5.74, 6) is -0.799. The number of pyridine rings is 1. The van der Waals surface area contributed by atoms with Gasteiger partial charge in [-0.2, -0.15) is 0 Å². The second-order valence-corrected chi connectivity index (χ2v) is 5.90. The normalized spacial score (nSPS) is 12.0. The summed E-state index contributed by atoms with van der Waals surface area (Å²) in [5, 5.41) is 12.9. The molecule has 0 radical (unpaired) electrons. The Morgan fingerprint density at radius 2 is 1.96 bits per heavy atom. The van der Waals surface area contributed by atoms with Crippen LogP contribution in [0, 0.1) is 11.6 Å². The van der Waals surface area contributed by atoms with Crippen molar-refractivity contribution in [1.29, 1.82) is 0 Å². The molecule has 2 aromatic heterocycles. The van der Waals surface area contributed by atoms with Crippen LogP contribution in [0.25, 0.3) is 11.4 Å². The van der Waals surface area contributed by atoms with Gasteiger partial charge in [0, 0.05) is 30.1 Å². The Labute approximate surface area is 154 Å². The number of hydrogen-bond donors (Lipinski definition) is 3. The number of hydrogen-bond acceptors (Lipinski definition) is 5. The van der Waals surface area contributed by atoms with Gasteiger partial charge in [-0.1, -0.05) is 13.0 Å². The number of aromatic nitrogens is 3. The minimum atomic E-state index is -1.37. The zero-order valence-corrected chi connectivity index (χ0v) is 14.5. The Morgan fingerprint density at radius 3 is 2.59 bits per heavy atom. The molecule has 27 heavy (non-hydrogen) atoms. The van der Waals surface area contributed by atoms with Gasteiger partial charge >= 0.3 is 0 Å². The van der Waals surface area contributed by atoms with E-state index in [1.165, 1.54) is 18.3 Å². The van der Waals surface area contributed by atoms with E-state index in [4.69, 9.17) is 0 Å². The van der Waals surface area contributed by atoms with E-state index >= 15 is 0 Å². The van der Waals surface area contributed by atoms with E-state index in [0.717, 1.165) is 12.1 Å². The predicted molar refractivity (Wildman–Crippen MR) is 97.3 cm³/mol. The van der Waals surface area contributed by atoms with Crippen molar-refractivity contribution in [3.05, 3.63) is 75.8 Å². The highest BCUT2D eigenvalue weighted by molar-refractivity contribution is 5.55. The van der Waals surface area contributed by atoms with Gasteiger partial charge in [0.15, 0.2) is 0 Å². The van der Waals surface area contributed by atoms with Crippen molar-refractivity contribution in [3.63, 3.8) is 0 Å². The van der Waals surface area contributed by atoms with Crippen LogP contribution in [0.5, 0.6) is 0 Å². The molecule has 0 bridgehead atoms. The fourth-order valence-electron chi connectivity index (χ4n) is 2.60. The Balaban J connectivity index is 1.71. The van der Waals surface area contributed by atoms with Gasteiger partial charge in [-0.3, -0.25) is 4.79 Å². The monoisotopic (exact) mass is 372 g/mol. The number of anilines is 1. The molecule has 8 heteroatoms. The first-order chi connectivity index (χ1) is 13.0. The van der Waals surface area contributed by atoms with Crippen molar-refractivity contribution in [2.24, 2.45) is 0 Å². The van der Waals surface area contributed by atoms with E-state index in [1.807, 2.05) is 6.92 Å². The zero-order valence-electron chi connectivity index (χ0n) is 14.5. The quantitative estimate of drug-likeness (QED) is 0.619. The second kappa shape index (κ2) is 8.05. The molecular formula is C19H18F2N4O2. The van der Waals surface area contributed by atoms with Crippen molar-refractivity contribution in [2.45, 2.75) is 19.4 Å². The molecule has 2 heterocycles. The van der Waals surface area contributed by atoms with Crippen molar-refractivity contribution in [2.75, 3.05) is 11.9 Å². The second-order valence-electron chi connectivity index (χ2n) is 5.90. The average molecular weight is 372 g/mol. The van der Waals surface area contributed by atoms with Gasteiger partial charge in [0.25, 0.3) is 5.56 Å². The summed E-state index contributed by atoms with van der Waals surface area (Å²) in [4.78, 5) is 22.8. The first kappa shape index (κ1) is 18.7. The summed E-state index contributed by atoms with van der Waals surface area (Å²) in [7, 11) is 0. The number of benzene rings is 1. The number of nitrogens with zero attached hydrogens (tertiary/aromatic N) is 2. The molecule has 0 aliphatic rings. The maximum atomic E-state index is 13.7. The van der Waals surface area contributed by atoms with Crippen LogP contribution in [-0.4, -0.2) is 26.6 Å². The Morgan fingerprint density at radius 1 is 1.22 bits per heavy atom. The lowest BCUT2D eigenvalue weighted by Gasteiger charge is -2.14. The topological polar surface area (TPSA) is 90.9 Å². The first-order valence-corrected chi connectivity index (χ1v) is 8.40. The van der Waals surface area contributed by atoms with Crippen LogP contribution in [0.3, 0.4) is 0 Å². The lowest BCUT2D eigenvalue weighted by Crippen LogP contribution is -2.15. The van der Waals surface area contributed by atoms with Gasteiger partial charge in [-0.05, 0) is 30.7 Å². The Kier molecular flexibility index (Phi) is 5.56. The zero-order chi connectivity index (χ0) is 19.4. The fourth-order valence-corrected chi connectivity index (χ4v) is 2.60. The van der Waals surface area contributed by atoms with Gasteiger partial charge in [-0.15, -0.1) is 0 Å². The van der Waals surface area contributed by atoms with E-state index in [2.05, 4.69) is 20.3 Å². The molecule has 0 amide bonds. The SMILES string of the molecule is CCc1cc(=O)[nH]c(-c2ccc(NCC(O)c3c(F)cccc3F)nc2)n1. The van der Waals surface area contributed by atoms with Gasteiger partial charge < -0.3 is 15.4 Å². The maximum Gasteiger partial charge on any atom is 0.251 e. The third-order valence-corrected chi connectivity index (χ3v) is 4.00. The standard InChI is InChI=1S/C19H18F2N4O2/c1-2-12-8-17(27)25-19(24-12)11-6-7-16(22-9-11)23-10-15(26)18-13(20)4-3-5-14(18)21/h3-9,15,26H,2,10H2,1H3,(H,22,23)(H,24,25,27). The van der Waals surface area contributed by atoms with Crippen LogP contribution >= 0.6 is 0 Å². The first-order valence-electron chi connectivity index (χ1n) is 8.40. The molecule has 3 aromatic rings. The van der Waals surface area contributed by atoms with Crippen molar-refractivity contribution in [3.8, 4) is 11.4 Å². The number of rotatable bonds is 6. The molecule has 0 saturated carbocycles. The number of aliphatic hydroxyl groups excluding tert-OH is 1. The minimum absolute atomic E-state index is 0.120. The Bertz CT molecular complexity index is 969. The number of halogens is 2. The molecule has 1 aromatic carbocycles. The van der Waals surface area contributed by atoms with Crippen LogP contribution in [0.2, 0.25) is 0 Å². The predicted octanol–water partition coefficient (Wildman–Crippen LogP) is 2.82. The summed E-state index contributed by atoms with van der Waals surface area (Å²) in [6, 6.07) is 8.18. The highest BCUT2D eigenvalue weighted by atomic mass is 19.1. The number of aromatic amines is 1. The molecule has 0 spiro atoms. The smallest absolute Gasteiger partial charge is 0.251 e. The lowest BCUT2D eigenvalue weighted by molar-refractivity contribution is 0.181. The fraction of sp³-hybridized carbons (Fsp3) is 0.211. The van der Waals surface area contributed by atoms with E-state index < -0.39 is 17.7 Å². The third-order valence-electron chi connectivity index (χ3n) is 4.00. The van der Waals surface area contributed by atoms with Gasteiger partial charge in [0.1, 0.15) is 29.4 Å². The number of H-pyrrole nitrogens is 1. The van der Waals surface area contributed by atoms with E-state index in [9.17, 15) is 18.7 Å². The lowest BCUT2D eigenvalue weighted by atomic mass is 10.1. The van der Waals surface area contributed by atoms with E-state index in [0.29, 0.717) is 29.3 Å². The Hall–Kier alpha value is -3.13. The summed E-state index contributed by atoms with van der Waals surface area (Å²) < 4.78 is 27.4. The van der Waals surface area contributed by atoms with Crippen LogP contribution in [-0.2, 0) is 6.42 Å². The highest BCUT2D eigenvalue weighted by Gasteiger charge is 2.17. The van der Waals surface area contributed by atoms with Crippen LogP contribution in [0.1, 0.15) is 24.3 Å². The summed E-state index contributed by atoms with van der Waals surface area (Å²) in [5.41, 5.74) is 0.661. The largest absolute Gasteiger partial charge is 0.386 e. The molecule has 0 saturated heterocycles. The van der Waals surface area contributed by atoms with Crippen LogP contribution in [0.4, 0.5) is 14.6 Å². The number of nitrogens with one attached hydrogen (secondary N) is 2. The molecular weight excluding hydrogens is 354 g/mol. The van der Waals surface area contributed by atoms with Crippen molar-refractivity contribution in [1.82, 2.24) is 15.0 Å². The summed E-state index contributed by atoms with van der Waals surface area (Å²) in [6.07, 6.45) is 0.775. The number of aryl methyl sites for hydroxylation is 1. The summed E-state index contributed by atoms with van der Waals surface area (Å²) in [6.45, 7) is 1.78. The van der Waals surface area contributed by atoms with E-state index in [1.54, 1.807) is 12.1 Å². The molecule has 3 N–H and O–H groups in total. The van der Waals surface area contributed by atoms with Crippen molar-refractivity contribution >= 4 is 5.82 Å². The molecule has 1 atom stereocenters. The molecule has 0 aliphatic carbocycles. The third kappa shape index (κ3) is 4.35. The van der Waals surface area contributed by atoms with Gasteiger partial charge in [0.2, 0.25) is 0 Å². The van der Waals surface area contributed by atoms with Gasteiger partial charge in [0.05, 0.1) is 5.56 Å².